The molecule has 0 amide bonds. The van der Waals surface area contributed by atoms with Crippen LogP contribution in [-0.4, -0.2) is 57.6 Å². The molecule has 3 fully saturated rings. The van der Waals surface area contributed by atoms with Crippen molar-refractivity contribution in [1.29, 1.82) is 0 Å². The van der Waals surface area contributed by atoms with E-state index in [4.69, 9.17) is 13.7 Å². The second-order valence-electron chi connectivity index (χ2n) is 6.77. The lowest BCUT2D eigenvalue weighted by atomic mass is 9.82. The van der Waals surface area contributed by atoms with Crippen molar-refractivity contribution in [3.8, 4) is 0 Å². The van der Waals surface area contributed by atoms with Gasteiger partial charge >= 0.3 is 11.9 Å². The number of fused-ring (bicyclic) bond motifs is 1. The lowest BCUT2D eigenvalue weighted by Crippen LogP contribution is -2.42. The maximum absolute atomic E-state index is 12.0. The van der Waals surface area contributed by atoms with Crippen molar-refractivity contribution in [2.24, 2.45) is 11.3 Å². The Morgan fingerprint density at radius 2 is 1.96 bits per heavy atom. The largest absolute Gasteiger partial charge is 0.461 e. The van der Waals surface area contributed by atoms with Gasteiger partial charge in [0.05, 0.1) is 18.0 Å². The average Bonchev–Trinajstić information content (AvgIpc) is 3.03. The SMILES string of the molecule is CCC(=O)OCC(=O)OCCOC1C2CC3C(C)(C2)C1OS3(=O)=O. The summed E-state index contributed by atoms with van der Waals surface area (Å²) < 4.78 is 44.6. The van der Waals surface area contributed by atoms with E-state index < -0.39 is 40.0 Å². The maximum Gasteiger partial charge on any atom is 0.344 e. The molecule has 136 valence electrons. The van der Waals surface area contributed by atoms with E-state index in [2.05, 4.69) is 4.74 Å². The van der Waals surface area contributed by atoms with E-state index in [0.717, 1.165) is 6.42 Å². The zero-order chi connectivity index (χ0) is 17.5. The molecule has 3 aliphatic rings. The van der Waals surface area contributed by atoms with Gasteiger partial charge in [0.15, 0.2) is 6.61 Å². The fourth-order valence-corrected chi connectivity index (χ4v) is 6.29. The third-order valence-electron chi connectivity index (χ3n) is 5.25. The van der Waals surface area contributed by atoms with Crippen molar-refractivity contribution in [2.45, 2.75) is 50.6 Å². The van der Waals surface area contributed by atoms with Crippen LogP contribution < -0.4 is 0 Å². The summed E-state index contributed by atoms with van der Waals surface area (Å²) in [5.74, 6) is -0.948. The summed E-state index contributed by atoms with van der Waals surface area (Å²) in [4.78, 5) is 22.3. The molecule has 5 unspecified atom stereocenters. The van der Waals surface area contributed by atoms with Crippen LogP contribution in [0.3, 0.4) is 0 Å². The predicted molar refractivity (Wildman–Crippen MR) is 80.4 cm³/mol. The van der Waals surface area contributed by atoms with Crippen LogP contribution in [0.1, 0.15) is 33.1 Å². The van der Waals surface area contributed by atoms with Crippen molar-refractivity contribution >= 4 is 22.1 Å². The number of esters is 2. The van der Waals surface area contributed by atoms with Crippen molar-refractivity contribution in [1.82, 2.24) is 0 Å². The Labute approximate surface area is 140 Å². The van der Waals surface area contributed by atoms with Gasteiger partial charge in [-0.05, 0) is 18.8 Å². The molecule has 2 saturated carbocycles. The molecule has 3 rings (SSSR count). The molecule has 2 aliphatic carbocycles. The molecule has 9 heteroatoms. The summed E-state index contributed by atoms with van der Waals surface area (Å²) in [6, 6.07) is 0. The molecule has 0 aromatic heterocycles. The minimum atomic E-state index is -3.50. The van der Waals surface area contributed by atoms with Crippen LogP contribution in [-0.2, 0) is 38.1 Å². The molecule has 0 radical (unpaired) electrons. The predicted octanol–water partition coefficient (Wildman–Crippen LogP) is 0.395. The molecular formula is C15H22O8S. The standard InChI is InChI=1S/C15H22O8S/c1-3-11(16)22-8-12(17)20-4-5-21-13-9-6-10-15(2,7-9)14(13)23-24(10,18)19/h9-10,13-14H,3-8H2,1-2H3. The third kappa shape index (κ3) is 2.93. The summed E-state index contributed by atoms with van der Waals surface area (Å²) in [6.07, 6.45) is 0.794. The van der Waals surface area contributed by atoms with E-state index in [-0.39, 0.29) is 37.1 Å². The first-order valence-electron chi connectivity index (χ1n) is 8.13. The monoisotopic (exact) mass is 362 g/mol. The normalized spacial score (nSPS) is 38.2. The van der Waals surface area contributed by atoms with Crippen molar-refractivity contribution < 1.29 is 36.4 Å². The van der Waals surface area contributed by atoms with Crippen LogP contribution in [0, 0.1) is 11.3 Å². The van der Waals surface area contributed by atoms with E-state index in [1.807, 2.05) is 6.92 Å². The fraction of sp³-hybridized carbons (Fsp3) is 0.867. The average molecular weight is 362 g/mol. The number of hydrogen-bond donors (Lipinski definition) is 0. The van der Waals surface area contributed by atoms with Gasteiger partial charge in [0.25, 0.3) is 10.1 Å². The van der Waals surface area contributed by atoms with Gasteiger partial charge < -0.3 is 14.2 Å². The lowest BCUT2D eigenvalue weighted by molar-refractivity contribution is -0.160. The Balaban J connectivity index is 1.43. The second kappa shape index (κ2) is 6.27. The molecular weight excluding hydrogens is 340 g/mol. The van der Waals surface area contributed by atoms with Gasteiger partial charge in [-0.1, -0.05) is 13.8 Å². The molecule has 0 aromatic carbocycles. The Hall–Kier alpha value is -1.19. The molecule has 0 N–H and O–H groups in total. The molecule has 1 saturated heterocycles. The topological polar surface area (TPSA) is 105 Å². The zero-order valence-corrected chi connectivity index (χ0v) is 14.5. The van der Waals surface area contributed by atoms with Gasteiger partial charge in [0.1, 0.15) is 12.7 Å². The smallest absolute Gasteiger partial charge is 0.344 e. The number of carbonyl (C=O) groups excluding carboxylic acids is 2. The van der Waals surface area contributed by atoms with E-state index in [1.54, 1.807) is 6.92 Å². The Bertz CT molecular complexity index is 629. The van der Waals surface area contributed by atoms with Crippen LogP contribution in [0.4, 0.5) is 0 Å². The maximum atomic E-state index is 12.0. The molecule has 2 bridgehead atoms. The van der Waals surface area contributed by atoms with Gasteiger partial charge in [-0.15, -0.1) is 0 Å². The number of rotatable bonds is 7. The van der Waals surface area contributed by atoms with Gasteiger partial charge in [-0.25, -0.2) is 4.79 Å². The Morgan fingerprint density at radius 1 is 1.21 bits per heavy atom. The van der Waals surface area contributed by atoms with E-state index in [0.29, 0.717) is 6.42 Å². The fourth-order valence-electron chi connectivity index (χ4n) is 4.17. The molecule has 8 nitrogen and oxygen atoms in total. The molecule has 0 spiro atoms. The zero-order valence-electron chi connectivity index (χ0n) is 13.7. The molecule has 24 heavy (non-hydrogen) atoms. The van der Waals surface area contributed by atoms with E-state index in [1.165, 1.54) is 0 Å². The van der Waals surface area contributed by atoms with E-state index in [9.17, 15) is 18.0 Å². The molecule has 5 atom stereocenters. The highest BCUT2D eigenvalue weighted by Gasteiger charge is 2.71. The summed E-state index contributed by atoms with van der Waals surface area (Å²) in [6.45, 7) is 3.33. The molecule has 0 aromatic rings. The second-order valence-corrected chi connectivity index (χ2v) is 8.52. The highest BCUT2D eigenvalue weighted by atomic mass is 32.2. The van der Waals surface area contributed by atoms with Crippen LogP contribution in [0.2, 0.25) is 0 Å². The van der Waals surface area contributed by atoms with Crippen molar-refractivity contribution in [3.05, 3.63) is 0 Å². The Morgan fingerprint density at radius 3 is 2.67 bits per heavy atom. The van der Waals surface area contributed by atoms with Gasteiger partial charge in [0.2, 0.25) is 0 Å². The first-order chi connectivity index (χ1) is 11.3. The van der Waals surface area contributed by atoms with Crippen LogP contribution in [0.15, 0.2) is 0 Å². The van der Waals surface area contributed by atoms with Crippen molar-refractivity contribution in [3.63, 3.8) is 0 Å². The molecule has 1 aliphatic heterocycles. The van der Waals surface area contributed by atoms with Gasteiger partial charge in [-0.3, -0.25) is 8.98 Å². The summed E-state index contributed by atoms with van der Waals surface area (Å²) in [7, 11) is -3.50. The Kier molecular flexibility index (Phi) is 4.61. The first-order valence-corrected chi connectivity index (χ1v) is 9.60. The van der Waals surface area contributed by atoms with E-state index >= 15 is 0 Å². The summed E-state index contributed by atoms with van der Waals surface area (Å²) in [5.41, 5.74) is -0.376. The quantitative estimate of drug-likeness (QED) is 0.364. The van der Waals surface area contributed by atoms with Crippen LogP contribution in [0.25, 0.3) is 0 Å². The summed E-state index contributed by atoms with van der Waals surface area (Å²) >= 11 is 0. The minimum Gasteiger partial charge on any atom is -0.461 e. The number of hydrogen-bond acceptors (Lipinski definition) is 8. The highest BCUT2D eigenvalue weighted by molar-refractivity contribution is 7.87. The van der Waals surface area contributed by atoms with Crippen LogP contribution >= 0.6 is 0 Å². The number of ether oxygens (including phenoxy) is 3. The first kappa shape index (κ1) is 17.6. The van der Waals surface area contributed by atoms with Gasteiger partial charge in [-0.2, -0.15) is 8.42 Å². The third-order valence-corrected chi connectivity index (χ3v) is 7.15. The lowest BCUT2D eigenvalue weighted by Gasteiger charge is -2.30. The molecule has 1 heterocycles. The van der Waals surface area contributed by atoms with Crippen LogP contribution in [0.5, 0.6) is 0 Å². The van der Waals surface area contributed by atoms with Crippen molar-refractivity contribution in [2.75, 3.05) is 19.8 Å². The van der Waals surface area contributed by atoms with Gasteiger partial charge in [0, 0.05) is 11.8 Å². The highest BCUT2D eigenvalue weighted by Crippen LogP contribution is 2.62. The minimum absolute atomic E-state index is 0.0192. The number of carbonyl (C=O) groups is 2. The summed E-state index contributed by atoms with van der Waals surface area (Å²) in [5, 5.41) is -0.425.